The van der Waals surface area contributed by atoms with Gasteiger partial charge in [-0.15, -0.1) is 11.8 Å². The van der Waals surface area contributed by atoms with Crippen LogP contribution in [0.25, 0.3) is 0 Å². The monoisotopic (exact) mass is 232 g/mol. The highest BCUT2D eigenvalue weighted by atomic mass is 32.2. The number of carbonyl (C=O) groups is 1. The molecule has 0 fully saturated rings. The van der Waals surface area contributed by atoms with Crippen molar-refractivity contribution in [3.63, 3.8) is 0 Å². The van der Waals surface area contributed by atoms with Crippen molar-refractivity contribution in [3.05, 3.63) is 0 Å². The van der Waals surface area contributed by atoms with Crippen molar-refractivity contribution < 1.29 is 9.90 Å². The van der Waals surface area contributed by atoms with Crippen molar-refractivity contribution >= 4 is 17.7 Å². The number of aliphatic carboxylic acids is 1. The number of thioether (sulfide) groups is 1. The fraction of sp³-hybridized carbons (Fsp3) is 0.917. The van der Waals surface area contributed by atoms with E-state index in [1.54, 1.807) is 11.8 Å². The van der Waals surface area contributed by atoms with Crippen LogP contribution in [0.1, 0.15) is 58.8 Å². The molecule has 2 nitrogen and oxygen atoms in total. The van der Waals surface area contributed by atoms with E-state index >= 15 is 0 Å². The number of carboxylic acid groups (broad SMARTS) is 1. The van der Waals surface area contributed by atoms with E-state index in [-0.39, 0.29) is 5.25 Å². The highest BCUT2D eigenvalue weighted by molar-refractivity contribution is 8.00. The molecule has 0 aromatic rings. The maximum atomic E-state index is 10.8. The third kappa shape index (κ3) is 8.79. The van der Waals surface area contributed by atoms with E-state index in [9.17, 15) is 4.79 Å². The molecule has 0 aromatic heterocycles. The first kappa shape index (κ1) is 14.8. The SMILES string of the molecule is CCCCCCCCC(SCC)C(=O)O. The van der Waals surface area contributed by atoms with Gasteiger partial charge in [-0.25, -0.2) is 0 Å². The van der Waals surface area contributed by atoms with Crippen molar-refractivity contribution in [3.8, 4) is 0 Å². The molecule has 0 radical (unpaired) electrons. The molecule has 1 N–H and O–H groups in total. The third-order valence-corrected chi connectivity index (χ3v) is 3.64. The lowest BCUT2D eigenvalue weighted by Gasteiger charge is -2.10. The second-order valence-electron chi connectivity index (χ2n) is 3.84. The lowest BCUT2D eigenvalue weighted by atomic mass is 10.1. The van der Waals surface area contributed by atoms with Gasteiger partial charge in [0.05, 0.1) is 0 Å². The van der Waals surface area contributed by atoms with Crippen LogP contribution in [0.5, 0.6) is 0 Å². The minimum absolute atomic E-state index is 0.179. The summed E-state index contributed by atoms with van der Waals surface area (Å²) in [6.07, 6.45) is 8.23. The molecule has 1 unspecified atom stereocenters. The fourth-order valence-electron chi connectivity index (χ4n) is 1.59. The molecule has 0 saturated carbocycles. The molecule has 90 valence electrons. The Kier molecular flexibility index (Phi) is 10.2. The van der Waals surface area contributed by atoms with E-state index in [0.29, 0.717) is 0 Å². The Morgan fingerprint density at radius 2 is 1.73 bits per heavy atom. The molecule has 0 saturated heterocycles. The van der Waals surface area contributed by atoms with Crippen molar-refractivity contribution in [1.29, 1.82) is 0 Å². The molecule has 0 heterocycles. The lowest BCUT2D eigenvalue weighted by molar-refractivity contribution is -0.136. The van der Waals surface area contributed by atoms with E-state index in [1.165, 1.54) is 32.1 Å². The Balaban J connectivity index is 3.41. The number of hydrogen-bond acceptors (Lipinski definition) is 2. The summed E-state index contributed by atoms with van der Waals surface area (Å²) in [5.74, 6) is 0.252. The van der Waals surface area contributed by atoms with Gasteiger partial charge in [0.25, 0.3) is 0 Å². The van der Waals surface area contributed by atoms with E-state index < -0.39 is 5.97 Å². The van der Waals surface area contributed by atoms with Gasteiger partial charge < -0.3 is 5.11 Å². The van der Waals surface area contributed by atoms with Gasteiger partial charge in [-0.05, 0) is 12.2 Å². The summed E-state index contributed by atoms with van der Waals surface area (Å²) in [7, 11) is 0. The van der Waals surface area contributed by atoms with Crippen LogP contribution in [0.2, 0.25) is 0 Å². The topological polar surface area (TPSA) is 37.3 Å². The molecule has 0 rings (SSSR count). The van der Waals surface area contributed by atoms with Crippen molar-refractivity contribution in [1.82, 2.24) is 0 Å². The zero-order valence-corrected chi connectivity index (χ0v) is 10.8. The Hall–Kier alpha value is -0.180. The van der Waals surface area contributed by atoms with Crippen LogP contribution in [0.3, 0.4) is 0 Å². The van der Waals surface area contributed by atoms with Gasteiger partial charge in [-0.3, -0.25) is 4.79 Å². The molecule has 0 aliphatic rings. The zero-order valence-electron chi connectivity index (χ0n) is 10.00. The largest absolute Gasteiger partial charge is 0.480 e. The number of carboxylic acids is 1. The van der Waals surface area contributed by atoms with Gasteiger partial charge in [-0.1, -0.05) is 52.4 Å². The first-order chi connectivity index (χ1) is 7.22. The molecule has 0 spiro atoms. The van der Waals surface area contributed by atoms with Crippen molar-refractivity contribution in [2.75, 3.05) is 5.75 Å². The molecule has 0 aliphatic heterocycles. The fourth-order valence-corrected chi connectivity index (χ4v) is 2.47. The minimum atomic E-state index is -0.643. The van der Waals surface area contributed by atoms with E-state index in [2.05, 4.69) is 6.92 Å². The first-order valence-corrected chi connectivity index (χ1v) is 7.11. The van der Waals surface area contributed by atoms with Crippen LogP contribution in [0.15, 0.2) is 0 Å². The molecule has 15 heavy (non-hydrogen) atoms. The third-order valence-electron chi connectivity index (χ3n) is 2.46. The molecule has 0 bridgehead atoms. The quantitative estimate of drug-likeness (QED) is 0.580. The molecule has 3 heteroatoms. The first-order valence-electron chi connectivity index (χ1n) is 6.06. The molecule has 0 amide bonds. The molecule has 0 aliphatic carbocycles. The standard InChI is InChI=1S/C12H24O2S/c1-3-5-6-7-8-9-10-11(12(13)14)15-4-2/h11H,3-10H2,1-2H3,(H,13,14). The van der Waals surface area contributed by atoms with Gasteiger partial charge in [0, 0.05) is 0 Å². The van der Waals surface area contributed by atoms with Gasteiger partial charge in [0.1, 0.15) is 5.25 Å². The van der Waals surface area contributed by atoms with Gasteiger partial charge in [0.2, 0.25) is 0 Å². The average Bonchev–Trinajstić information content (AvgIpc) is 2.21. The smallest absolute Gasteiger partial charge is 0.316 e. The van der Waals surface area contributed by atoms with Gasteiger partial charge in [0.15, 0.2) is 0 Å². The number of hydrogen-bond donors (Lipinski definition) is 1. The van der Waals surface area contributed by atoms with Crippen LogP contribution in [-0.4, -0.2) is 22.1 Å². The Labute approximate surface area is 97.8 Å². The summed E-state index contributed by atoms with van der Waals surface area (Å²) < 4.78 is 0. The number of rotatable bonds is 10. The zero-order chi connectivity index (χ0) is 11.5. The second kappa shape index (κ2) is 10.3. The predicted molar refractivity (Wildman–Crippen MR) is 67.5 cm³/mol. The van der Waals surface area contributed by atoms with Gasteiger partial charge >= 0.3 is 5.97 Å². The maximum Gasteiger partial charge on any atom is 0.316 e. The van der Waals surface area contributed by atoms with Crippen LogP contribution >= 0.6 is 11.8 Å². The van der Waals surface area contributed by atoms with Crippen molar-refractivity contribution in [2.45, 2.75) is 64.0 Å². The second-order valence-corrected chi connectivity index (χ2v) is 5.32. The van der Waals surface area contributed by atoms with E-state index in [1.807, 2.05) is 6.92 Å². The predicted octanol–water partition coefficient (Wildman–Crippen LogP) is 3.94. The number of unbranched alkanes of at least 4 members (excludes halogenated alkanes) is 5. The summed E-state index contributed by atoms with van der Waals surface area (Å²) >= 11 is 1.55. The molecule has 1 atom stereocenters. The summed E-state index contributed by atoms with van der Waals surface area (Å²) in [6, 6.07) is 0. The Morgan fingerprint density at radius 1 is 1.13 bits per heavy atom. The summed E-state index contributed by atoms with van der Waals surface area (Å²) in [4.78, 5) is 10.8. The minimum Gasteiger partial charge on any atom is -0.480 e. The Morgan fingerprint density at radius 3 is 2.27 bits per heavy atom. The van der Waals surface area contributed by atoms with E-state index in [0.717, 1.165) is 18.6 Å². The van der Waals surface area contributed by atoms with Crippen LogP contribution in [-0.2, 0) is 4.79 Å². The van der Waals surface area contributed by atoms with Crippen LogP contribution < -0.4 is 0 Å². The van der Waals surface area contributed by atoms with Gasteiger partial charge in [-0.2, -0.15) is 0 Å². The Bertz CT molecular complexity index is 160. The summed E-state index contributed by atoms with van der Waals surface area (Å²) in [5, 5.41) is 8.74. The molecular weight excluding hydrogens is 208 g/mol. The molecule has 0 aromatic carbocycles. The normalized spacial score (nSPS) is 12.7. The summed E-state index contributed by atoms with van der Waals surface area (Å²) in [5.41, 5.74) is 0. The van der Waals surface area contributed by atoms with Crippen molar-refractivity contribution in [2.24, 2.45) is 0 Å². The van der Waals surface area contributed by atoms with E-state index in [4.69, 9.17) is 5.11 Å². The highest BCUT2D eigenvalue weighted by Gasteiger charge is 2.15. The average molecular weight is 232 g/mol. The maximum absolute atomic E-state index is 10.8. The lowest BCUT2D eigenvalue weighted by Crippen LogP contribution is -2.16. The summed E-state index contributed by atoms with van der Waals surface area (Å²) in [6.45, 7) is 4.22. The molecular formula is C12H24O2S. The van der Waals surface area contributed by atoms with Crippen LogP contribution in [0.4, 0.5) is 0 Å². The van der Waals surface area contributed by atoms with Crippen LogP contribution in [0, 0.1) is 0 Å². The highest BCUT2D eigenvalue weighted by Crippen LogP contribution is 2.18.